The van der Waals surface area contributed by atoms with Gasteiger partial charge >= 0.3 is 6.09 Å². The Morgan fingerprint density at radius 2 is 1.81 bits per heavy atom. The number of carbonyl (C=O) groups excluding carboxylic acids is 2. The van der Waals surface area contributed by atoms with Gasteiger partial charge in [0.05, 0.1) is 5.69 Å². The Morgan fingerprint density at radius 3 is 2.39 bits per heavy atom. The maximum absolute atomic E-state index is 13.7. The lowest BCUT2D eigenvalue weighted by molar-refractivity contribution is 0.103. The maximum atomic E-state index is 13.7. The second-order valence-corrected chi connectivity index (χ2v) is 9.64. The second kappa shape index (κ2) is 9.21. The minimum absolute atomic E-state index is 0.00984. The number of benzene rings is 1. The minimum Gasteiger partial charge on any atom is -0.391 e. The van der Waals surface area contributed by atoms with Crippen LogP contribution < -0.4 is 4.74 Å². The van der Waals surface area contributed by atoms with Crippen molar-refractivity contribution in [3.63, 3.8) is 0 Å². The molecule has 9 heteroatoms. The quantitative estimate of drug-likeness (QED) is 0.640. The average Bonchev–Trinajstić information content (AvgIpc) is 2.97. The lowest BCUT2D eigenvalue weighted by Gasteiger charge is -2.35. The summed E-state index contributed by atoms with van der Waals surface area (Å²) in [6, 6.07) is 1.97. The zero-order chi connectivity index (χ0) is 23.7. The molecule has 8 nitrogen and oxygen atoms in total. The number of hydrogen-bond acceptors (Lipinski definition) is 7. The first-order chi connectivity index (χ1) is 14.5. The van der Waals surface area contributed by atoms with E-state index in [0.29, 0.717) is 16.8 Å². The molecular weight excluding hydrogens is 418 g/mol. The Labute approximate surface area is 186 Å². The number of ether oxygens (including phenoxy) is 1. The molecule has 0 unspecified atom stereocenters. The van der Waals surface area contributed by atoms with Gasteiger partial charge in [0, 0.05) is 41.5 Å². The van der Waals surface area contributed by atoms with Gasteiger partial charge in [-0.1, -0.05) is 13.8 Å². The predicted octanol–water partition coefficient (Wildman–Crippen LogP) is 4.48. The molecular formula is C22H29N3O5S. The zero-order valence-electron chi connectivity index (χ0n) is 19.3. The highest BCUT2D eigenvalue weighted by atomic mass is 32.2. The number of carbonyl (C=O) groups is 2. The molecule has 31 heavy (non-hydrogen) atoms. The monoisotopic (exact) mass is 447 g/mol. The summed E-state index contributed by atoms with van der Waals surface area (Å²) in [5.74, 6) is 1.10. The first-order valence-corrected chi connectivity index (χ1v) is 10.9. The van der Waals surface area contributed by atoms with Crippen molar-refractivity contribution in [1.29, 1.82) is 0 Å². The van der Waals surface area contributed by atoms with Crippen molar-refractivity contribution >= 4 is 23.6 Å². The summed E-state index contributed by atoms with van der Waals surface area (Å²) in [5, 5.41) is 4.33. The van der Waals surface area contributed by atoms with Crippen molar-refractivity contribution < 1.29 is 14.3 Å². The highest BCUT2D eigenvalue weighted by Gasteiger charge is 2.34. The van der Waals surface area contributed by atoms with Gasteiger partial charge in [-0.2, -0.15) is 5.10 Å². The van der Waals surface area contributed by atoms with Gasteiger partial charge in [0.1, 0.15) is 5.56 Å². The summed E-state index contributed by atoms with van der Waals surface area (Å²) in [4.78, 5) is 42.4. The van der Waals surface area contributed by atoms with Crippen molar-refractivity contribution in [3.05, 3.63) is 49.5 Å². The maximum Gasteiger partial charge on any atom is 0.416 e. The van der Waals surface area contributed by atoms with Gasteiger partial charge in [-0.15, -0.1) is 11.8 Å². The summed E-state index contributed by atoms with van der Waals surface area (Å²) in [6.07, 6.45) is 0.526. The van der Waals surface area contributed by atoms with E-state index >= 15 is 0 Å². The van der Waals surface area contributed by atoms with Crippen LogP contribution in [0.15, 0.2) is 11.0 Å². The largest absolute Gasteiger partial charge is 0.416 e. The number of ketones is 1. The molecule has 0 N–H and O–H groups in total. The summed E-state index contributed by atoms with van der Waals surface area (Å²) in [5.41, 5.74) is 4.91. The van der Waals surface area contributed by atoms with Crippen LogP contribution >= 0.6 is 11.8 Å². The highest BCUT2D eigenvalue weighted by Crippen LogP contribution is 2.46. The number of thioether (sulfide) groups is 1. The highest BCUT2D eigenvalue weighted by molar-refractivity contribution is 7.99. The smallest absolute Gasteiger partial charge is 0.391 e. The normalized spacial score (nSPS) is 14.2. The van der Waals surface area contributed by atoms with Crippen LogP contribution in [0.1, 0.15) is 58.6 Å². The Balaban J connectivity index is 0.00000166. The number of aryl methyl sites for hydroxylation is 3. The number of nitrogens with zero attached hydrogens (tertiary/aromatic N) is 3. The Bertz CT molecular complexity index is 1030. The molecule has 1 aliphatic heterocycles. The molecule has 2 aromatic rings. The van der Waals surface area contributed by atoms with E-state index in [4.69, 9.17) is 14.7 Å². The van der Waals surface area contributed by atoms with Crippen LogP contribution in [0.4, 0.5) is 4.79 Å². The molecule has 3 rings (SSSR count). The van der Waals surface area contributed by atoms with E-state index in [1.165, 1.54) is 20.0 Å². The first kappa shape index (κ1) is 24.6. The zero-order valence-corrected chi connectivity index (χ0v) is 20.1. The van der Waals surface area contributed by atoms with Crippen molar-refractivity contribution in [1.82, 2.24) is 14.7 Å². The molecule has 0 aliphatic carbocycles. The molecule has 0 bridgehead atoms. The van der Waals surface area contributed by atoms with Crippen molar-refractivity contribution in [2.45, 2.75) is 51.3 Å². The van der Waals surface area contributed by atoms with Gasteiger partial charge in [0.2, 0.25) is 11.7 Å². The number of aromatic nitrogens is 2. The van der Waals surface area contributed by atoms with E-state index in [9.17, 15) is 9.59 Å². The van der Waals surface area contributed by atoms with Gasteiger partial charge < -0.3 is 9.64 Å². The Hall–Kier alpha value is -2.68. The molecule has 0 saturated carbocycles. The van der Waals surface area contributed by atoms with Gasteiger partial charge in [-0.25, -0.2) is 9.48 Å². The summed E-state index contributed by atoms with van der Waals surface area (Å²) in [6.45, 7) is 10.3. The van der Waals surface area contributed by atoms with E-state index in [1.54, 1.807) is 28.1 Å². The van der Waals surface area contributed by atoms with E-state index in [-0.39, 0.29) is 17.1 Å². The van der Waals surface area contributed by atoms with E-state index in [0.717, 1.165) is 23.3 Å². The molecule has 0 atom stereocenters. The van der Waals surface area contributed by atoms with Crippen molar-refractivity contribution in [2.75, 3.05) is 19.8 Å². The van der Waals surface area contributed by atoms with Crippen LogP contribution in [0.5, 0.6) is 5.88 Å². The SMILES string of the molecule is Cc1cc(C(=O)c2c(C)nn(C)c2OC(=O)N(C)C)c(C)c2c1SCCC2(C)C.O=O. The molecule has 0 radical (unpaired) electrons. The number of hydrogen-bond donors (Lipinski definition) is 0. The van der Waals surface area contributed by atoms with Crippen LogP contribution in [0.3, 0.4) is 0 Å². The lowest BCUT2D eigenvalue weighted by Crippen LogP contribution is -2.27. The van der Waals surface area contributed by atoms with Crippen molar-refractivity contribution in [3.8, 4) is 5.88 Å². The van der Waals surface area contributed by atoms with Gasteiger partial charge in [0.15, 0.2) is 0 Å². The predicted molar refractivity (Wildman–Crippen MR) is 122 cm³/mol. The number of rotatable bonds is 3. The topological polar surface area (TPSA) is 98.6 Å². The van der Waals surface area contributed by atoms with E-state index < -0.39 is 6.09 Å². The van der Waals surface area contributed by atoms with E-state index in [2.05, 4.69) is 25.9 Å². The standard InChI is InChI=1S/C22H29N3O3S.O2/c1-12-11-15(13(2)17-19(12)29-10-9-22(17,4)5)18(26)16-14(3)23-25(8)20(16)28-21(27)24(6)7;1-2/h11H,9-10H2,1-8H3;. The van der Waals surface area contributed by atoms with Gasteiger partial charge in [0.25, 0.3) is 0 Å². The lowest BCUT2D eigenvalue weighted by atomic mass is 9.76. The fourth-order valence-corrected chi connectivity index (χ4v) is 5.66. The van der Waals surface area contributed by atoms with Gasteiger partial charge in [-0.05, 0) is 61.1 Å². The Morgan fingerprint density at radius 1 is 1.19 bits per heavy atom. The van der Waals surface area contributed by atoms with Crippen LogP contribution in [0.2, 0.25) is 0 Å². The number of fused-ring (bicyclic) bond motifs is 1. The third kappa shape index (κ3) is 4.51. The van der Waals surface area contributed by atoms with Crippen LogP contribution in [0.25, 0.3) is 0 Å². The molecule has 0 spiro atoms. The van der Waals surface area contributed by atoms with Crippen LogP contribution in [-0.2, 0) is 12.5 Å². The molecule has 1 aliphatic rings. The third-order valence-corrected chi connectivity index (χ3v) is 6.79. The van der Waals surface area contributed by atoms with Crippen LogP contribution in [-0.4, -0.2) is 46.4 Å². The molecule has 0 fully saturated rings. The Kier molecular flexibility index (Phi) is 7.31. The van der Waals surface area contributed by atoms with Crippen LogP contribution in [0, 0.1) is 30.7 Å². The molecule has 1 amide bonds. The average molecular weight is 448 g/mol. The molecule has 2 heterocycles. The third-order valence-electron chi connectivity index (χ3n) is 5.57. The van der Waals surface area contributed by atoms with E-state index in [1.807, 2.05) is 24.8 Å². The fraction of sp³-hybridized carbons (Fsp3) is 0.500. The minimum atomic E-state index is -0.544. The summed E-state index contributed by atoms with van der Waals surface area (Å²) < 4.78 is 6.94. The molecule has 1 aromatic carbocycles. The fourth-order valence-electron chi connectivity index (χ4n) is 3.99. The first-order valence-electron chi connectivity index (χ1n) is 9.87. The number of amides is 1. The molecule has 168 valence electrons. The summed E-state index contributed by atoms with van der Waals surface area (Å²) >= 11 is 1.87. The molecule has 0 saturated heterocycles. The molecule has 1 aromatic heterocycles. The second-order valence-electron chi connectivity index (χ2n) is 8.53. The van der Waals surface area contributed by atoms with Gasteiger partial charge in [-0.3, -0.25) is 4.79 Å². The van der Waals surface area contributed by atoms with Crippen molar-refractivity contribution in [2.24, 2.45) is 7.05 Å². The summed E-state index contributed by atoms with van der Waals surface area (Å²) in [7, 11) is 4.88.